The van der Waals surface area contributed by atoms with E-state index >= 15 is 0 Å². The average Bonchev–Trinajstić information content (AvgIpc) is 2.38. The van der Waals surface area contributed by atoms with Gasteiger partial charge in [0.2, 0.25) is 15.9 Å². The van der Waals surface area contributed by atoms with Gasteiger partial charge in [0, 0.05) is 19.6 Å². The lowest BCUT2D eigenvalue weighted by Crippen LogP contribution is -2.58. The van der Waals surface area contributed by atoms with Crippen LogP contribution in [0, 0.1) is 0 Å². The molecule has 1 atom stereocenters. The first kappa shape index (κ1) is 15.5. The number of nitrogens with zero attached hydrogens (tertiary/aromatic N) is 1. The van der Waals surface area contributed by atoms with Gasteiger partial charge in [0.05, 0.1) is 10.0 Å². The Morgan fingerprint density at radius 1 is 1.35 bits per heavy atom. The lowest BCUT2D eigenvalue weighted by Gasteiger charge is -2.33. The summed E-state index contributed by atoms with van der Waals surface area (Å²) in [5.41, 5.74) is 5.26. The van der Waals surface area contributed by atoms with E-state index in [0.717, 1.165) is 4.31 Å². The summed E-state index contributed by atoms with van der Waals surface area (Å²) >= 11 is 11.9. The third-order valence-electron chi connectivity index (χ3n) is 3.01. The van der Waals surface area contributed by atoms with Crippen molar-refractivity contribution < 1.29 is 13.2 Å². The van der Waals surface area contributed by atoms with E-state index < -0.39 is 22.0 Å². The topological polar surface area (TPSA) is 92.5 Å². The van der Waals surface area contributed by atoms with Gasteiger partial charge in [-0.3, -0.25) is 4.79 Å². The molecule has 1 aromatic rings. The number of halogens is 2. The standard InChI is InChI=1S/C11H13Cl2N3O3S/c12-7-2-1-3-8(13)10(7)20(18,19)16-5-4-15-6-9(16)11(14)17/h1-3,9,15H,4-6H2,(H2,14,17). The Kier molecular flexibility index (Phi) is 4.55. The van der Waals surface area contributed by atoms with Crippen LogP contribution in [0.2, 0.25) is 10.0 Å². The normalized spacial score (nSPS) is 20.8. The smallest absolute Gasteiger partial charge is 0.246 e. The van der Waals surface area contributed by atoms with Crippen molar-refractivity contribution in [3.63, 3.8) is 0 Å². The fourth-order valence-electron chi connectivity index (χ4n) is 2.06. The minimum atomic E-state index is -3.99. The number of nitrogens with one attached hydrogen (secondary N) is 1. The number of nitrogens with two attached hydrogens (primary N) is 1. The van der Waals surface area contributed by atoms with Crippen LogP contribution in [0.5, 0.6) is 0 Å². The van der Waals surface area contributed by atoms with Gasteiger partial charge in [-0.05, 0) is 12.1 Å². The fourth-order valence-corrected chi connectivity index (χ4v) is 4.75. The van der Waals surface area contributed by atoms with Gasteiger partial charge in [-0.25, -0.2) is 8.42 Å². The monoisotopic (exact) mass is 337 g/mol. The van der Waals surface area contributed by atoms with Crippen LogP contribution in [-0.4, -0.2) is 44.3 Å². The number of sulfonamides is 1. The summed E-state index contributed by atoms with van der Waals surface area (Å²) < 4.78 is 26.4. The van der Waals surface area contributed by atoms with Gasteiger partial charge < -0.3 is 11.1 Å². The molecule has 3 N–H and O–H groups in total. The van der Waals surface area contributed by atoms with Gasteiger partial charge in [0.1, 0.15) is 10.9 Å². The van der Waals surface area contributed by atoms with E-state index in [1.54, 1.807) is 6.07 Å². The molecular formula is C11H13Cl2N3O3S. The molecule has 9 heteroatoms. The molecule has 1 aliphatic heterocycles. The minimum absolute atomic E-state index is 0.0132. The van der Waals surface area contributed by atoms with Gasteiger partial charge in [-0.2, -0.15) is 4.31 Å². The van der Waals surface area contributed by atoms with Crippen LogP contribution < -0.4 is 11.1 Å². The largest absolute Gasteiger partial charge is 0.368 e. The molecule has 1 saturated heterocycles. The predicted octanol–water partition coefficient (Wildman–Crippen LogP) is 0.441. The van der Waals surface area contributed by atoms with Crippen molar-refractivity contribution in [2.45, 2.75) is 10.9 Å². The van der Waals surface area contributed by atoms with Crippen molar-refractivity contribution in [3.05, 3.63) is 28.2 Å². The Hall–Kier alpha value is -0.860. The van der Waals surface area contributed by atoms with Crippen molar-refractivity contribution >= 4 is 39.1 Å². The number of carbonyl (C=O) groups excluding carboxylic acids is 1. The molecule has 0 aliphatic carbocycles. The number of piperazine rings is 1. The first-order valence-electron chi connectivity index (χ1n) is 5.81. The van der Waals surface area contributed by atoms with Crippen LogP contribution in [0.15, 0.2) is 23.1 Å². The highest BCUT2D eigenvalue weighted by atomic mass is 35.5. The summed E-state index contributed by atoms with van der Waals surface area (Å²) in [7, 11) is -3.99. The molecule has 0 bridgehead atoms. The van der Waals surface area contributed by atoms with Crippen molar-refractivity contribution in [2.24, 2.45) is 5.73 Å². The Morgan fingerprint density at radius 2 is 1.95 bits per heavy atom. The molecule has 1 aliphatic rings. The first-order chi connectivity index (χ1) is 9.35. The van der Waals surface area contributed by atoms with E-state index in [0.29, 0.717) is 6.54 Å². The lowest BCUT2D eigenvalue weighted by atomic mass is 10.2. The van der Waals surface area contributed by atoms with E-state index in [4.69, 9.17) is 28.9 Å². The highest BCUT2D eigenvalue weighted by Gasteiger charge is 2.38. The Balaban J connectivity index is 2.51. The summed E-state index contributed by atoms with van der Waals surface area (Å²) in [6, 6.07) is 3.46. The second-order valence-corrected chi connectivity index (χ2v) is 6.93. The number of benzene rings is 1. The summed E-state index contributed by atoms with van der Waals surface area (Å²) in [6.45, 7) is 0.708. The Bertz CT molecular complexity index is 616. The molecule has 1 heterocycles. The second kappa shape index (κ2) is 5.87. The molecule has 1 amide bonds. The maximum absolute atomic E-state index is 12.7. The number of carbonyl (C=O) groups is 1. The van der Waals surface area contributed by atoms with E-state index in [-0.39, 0.29) is 28.0 Å². The highest BCUT2D eigenvalue weighted by molar-refractivity contribution is 7.89. The van der Waals surface area contributed by atoms with E-state index in [1.807, 2.05) is 0 Å². The van der Waals surface area contributed by atoms with Crippen LogP contribution >= 0.6 is 23.2 Å². The second-order valence-electron chi connectivity index (χ2n) is 4.29. The van der Waals surface area contributed by atoms with Gasteiger partial charge >= 0.3 is 0 Å². The zero-order valence-electron chi connectivity index (χ0n) is 10.3. The van der Waals surface area contributed by atoms with Gasteiger partial charge in [-0.1, -0.05) is 29.3 Å². The third-order valence-corrected chi connectivity index (χ3v) is 5.87. The molecule has 0 saturated carbocycles. The quantitative estimate of drug-likeness (QED) is 0.837. The molecule has 1 fully saturated rings. The van der Waals surface area contributed by atoms with Crippen LogP contribution in [-0.2, 0) is 14.8 Å². The van der Waals surface area contributed by atoms with E-state index in [1.165, 1.54) is 12.1 Å². The van der Waals surface area contributed by atoms with Gasteiger partial charge in [0.25, 0.3) is 0 Å². The van der Waals surface area contributed by atoms with Crippen molar-refractivity contribution in [1.82, 2.24) is 9.62 Å². The fraction of sp³-hybridized carbons (Fsp3) is 0.364. The molecule has 0 radical (unpaired) electrons. The Morgan fingerprint density at radius 3 is 2.50 bits per heavy atom. The summed E-state index contributed by atoms with van der Waals surface area (Å²) in [6.07, 6.45) is 0. The SMILES string of the molecule is NC(=O)C1CNCCN1S(=O)(=O)c1c(Cl)cccc1Cl. The third kappa shape index (κ3) is 2.77. The molecule has 6 nitrogen and oxygen atoms in total. The zero-order chi connectivity index (χ0) is 14.9. The number of primary amides is 1. The molecule has 2 rings (SSSR count). The maximum atomic E-state index is 12.7. The highest BCUT2D eigenvalue weighted by Crippen LogP contribution is 2.32. The van der Waals surface area contributed by atoms with Crippen LogP contribution in [0.1, 0.15) is 0 Å². The van der Waals surface area contributed by atoms with Crippen molar-refractivity contribution in [3.8, 4) is 0 Å². The van der Waals surface area contributed by atoms with E-state index in [2.05, 4.69) is 5.32 Å². The number of hydrogen-bond donors (Lipinski definition) is 2. The van der Waals surface area contributed by atoms with Crippen molar-refractivity contribution in [1.29, 1.82) is 0 Å². The Labute approximate surface area is 126 Å². The summed E-state index contributed by atoms with van der Waals surface area (Å²) in [4.78, 5) is 11.2. The number of hydrogen-bond acceptors (Lipinski definition) is 4. The zero-order valence-corrected chi connectivity index (χ0v) is 12.7. The first-order valence-corrected chi connectivity index (χ1v) is 8.01. The number of amides is 1. The minimum Gasteiger partial charge on any atom is -0.368 e. The molecule has 1 unspecified atom stereocenters. The lowest BCUT2D eigenvalue weighted by molar-refractivity contribution is -0.122. The van der Waals surface area contributed by atoms with Crippen LogP contribution in [0.3, 0.4) is 0 Å². The number of rotatable bonds is 3. The molecule has 0 aromatic heterocycles. The van der Waals surface area contributed by atoms with Gasteiger partial charge in [-0.15, -0.1) is 0 Å². The molecule has 0 spiro atoms. The molecular weight excluding hydrogens is 325 g/mol. The van der Waals surface area contributed by atoms with Crippen LogP contribution in [0.4, 0.5) is 0 Å². The maximum Gasteiger partial charge on any atom is 0.246 e. The average molecular weight is 338 g/mol. The van der Waals surface area contributed by atoms with Gasteiger partial charge in [0.15, 0.2) is 0 Å². The predicted molar refractivity (Wildman–Crippen MR) is 76.2 cm³/mol. The molecule has 1 aromatic carbocycles. The molecule has 110 valence electrons. The summed E-state index contributed by atoms with van der Waals surface area (Å²) in [5, 5.41) is 2.95. The van der Waals surface area contributed by atoms with Crippen LogP contribution in [0.25, 0.3) is 0 Å². The van der Waals surface area contributed by atoms with Crippen molar-refractivity contribution in [2.75, 3.05) is 19.6 Å². The summed E-state index contributed by atoms with van der Waals surface area (Å²) in [5.74, 6) is -0.719. The molecule has 20 heavy (non-hydrogen) atoms. The van der Waals surface area contributed by atoms with E-state index in [9.17, 15) is 13.2 Å².